The van der Waals surface area contributed by atoms with E-state index in [9.17, 15) is 0 Å². The van der Waals surface area contributed by atoms with E-state index in [0.29, 0.717) is 0 Å². The van der Waals surface area contributed by atoms with Crippen LogP contribution in [-0.4, -0.2) is 46.3 Å². The molecule has 2 aromatic heterocycles. The van der Waals surface area contributed by atoms with Crippen LogP contribution in [0, 0.1) is 6.92 Å². The van der Waals surface area contributed by atoms with Crippen LogP contribution in [0.3, 0.4) is 0 Å². The van der Waals surface area contributed by atoms with Gasteiger partial charge in [0.1, 0.15) is 6.33 Å². The Kier molecular flexibility index (Phi) is 4.24. The number of piperazine rings is 1. The lowest BCUT2D eigenvalue weighted by Crippen LogP contribution is -2.47. The minimum absolute atomic E-state index is 0.912. The van der Waals surface area contributed by atoms with E-state index in [1.807, 2.05) is 30.6 Å². The molecule has 0 atom stereocenters. The molecule has 4 rings (SSSR count). The Morgan fingerprint density at radius 2 is 1.52 bits per heavy atom. The van der Waals surface area contributed by atoms with Crippen LogP contribution >= 0.6 is 0 Å². The van der Waals surface area contributed by atoms with Crippen LogP contribution in [0.1, 0.15) is 5.56 Å². The molecular weight excluding hydrogens is 312 g/mol. The first-order valence-electron chi connectivity index (χ1n) is 8.46. The summed E-state index contributed by atoms with van der Waals surface area (Å²) >= 11 is 0. The van der Waals surface area contributed by atoms with E-state index in [1.54, 1.807) is 6.33 Å². The van der Waals surface area contributed by atoms with Gasteiger partial charge in [0.2, 0.25) is 0 Å². The van der Waals surface area contributed by atoms with Crippen LogP contribution in [0.25, 0.3) is 11.3 Å². The first-order chi connectivity index (χ1) is 12.3. The third-order valence-corrected chi connectivity index (χ3v) is 4.52. The van der Waals surface area contributed by atoms with Crippen molar-refractivity contribution in [2.45, 2.75) is 6.92 Å². The number of hydrogen-bond donors (Lipinski definition) is 0. The van der Waals surface area contributed by atoms with Crippen molar-refractivity contribution in [1.29, 1.82) is 0 Å². The number of rotatable bonds is 3. The third kappa shape index (κ3) is 3.28. The Hall–Kier alpha value is -3.02. The van der Waals surface area contributed by atoms with Gasteiger partial charge in [-0.3, -0.25) is 0 Å². The topological polar surface area (TPSA) is 58.0 Å². The Labute approximate surface area is 147 Å². The lowest BCUT2D eigenvalue weighted by Gasteiger charge is -2.36. The van der Waals surface area contributed by atoms with Crippen molar-refractivity contribution < 1.29 is 0 Å². The summed E-state index contributed by atoms with van der Waals surface area (Å²) in [4.78, 5) is 12.8. The Bertz CT molecular complexity index is 829. The smallest absolute Gasteiger partial charge is 0.154 e. The minimum atomic E-state index is 0.912. The van der Waals surface area contributed by atoms with E-state index in [2.05, 4.69) is 55.1 Å². The molecule has 1 aromatic carbocycles. The molecule has 1 aliphatic heterocycles. The van der Waals surface area contributed by atoms with Crippen LogP contribution < -0.4 is 9.80 Å². The van der Waals surface area contributed by atoms with Crippen LogP contribution in [-0.2, 0) is 0 Å². The number of benzene rings is 1. The molecule has 25 heavy (non-hydrogen) atoms. The number of aryl methyl sites for hydroxylation is 1. The van der Waals surface area contributed by atoms with E-state index in [1.165, 1.54) is 0 Å². The summed E-state index contributed by atoms with van der Waals surface area (Å²) in [6, 6.07) is 12.3. The van der Waals surface area contributed by atoms with Gasteiger partial charge in [-0.25, -0.2) is 9.97 Å². The summed E-state index contributed by atoms with van der Waals surface area (Å²) in [6.07, 6.45) is 5.29. The van der Waals surface area contributed by atoms with Gasteiger partial charge in [-0.1, -0.05) is 30.3 Å². The standard InChI is InChI=1S/C19H20N6/c1-15-11-18(16-5-3-2-4-6-16)22-23-19(15)25-9-7-24(8-10-25)17-12-20-14-21-13-17/h2-6,11-14H,7-10H2,1H3. The molecule has 0 radical (unpaired) electrons. The average molecular weight is 332 g/mol. The van der Waals surface area contributed by atoms with Gasteiger partial charge in [0.15, 0.2) is 5.82 Å². The van der Waals surface area contributed by atoms with Crippen molar-refractivity contribution in [2.75, 3.05) is 36.0 Å². The fourth-order valence-corrected chi connectivity index (χ4v) is 3.17. The van der Waals surface area contributed by atoms with Gasteiger partial charge in [0.05, 0.1) is 23.8 Å². The van der Waals surface area contributed by atoms with Gasteiger partial charge in [-0.05, 0) is 18.6 Å². The molecule has 0 unspecified atom stereocenters. The molecule has 0 amide bonds. The second kappa shape index (κ2) is 6.84. The van der Waals surface area contributed by atoms with Crippen LogP contribution in [0.5, 0.6) is 0 Å². The van der Waals surface area contributed by atoms with Crippen LogP contribution in [0.2, 0.25) is 0 Å². The molecule has 0 spiro atoms. The molecular formula is C19H20N6. The SMILES string of the molecule is Cc1cc(-c2ccccc2)nnc1N1CCN(c2cncnc2)CC1. The maximum Gasteiger partial charge on any atom is 0.154 e. The summed E-state index contributed by atoms with van der Waals surface area (Å²) in [6.45, 7) is 5.78. The molecule has 0 bridgehead atoms. The highest BCUT2D eigenvalue weighted by Crippen LogP contribution is 2.24. The average Bonchev–Trinajstić information content (AvgIpc) is 2.69. The minimum Gasteiger partial charge on any atom is -0.365 e. The lowest BCUT2D eigenvalue weighted by atomic mass is 10.1. The second-order valence-electron chi connectivity index (χ2n) is 6.17. The fourth-order valence-electron chi connectivity index (χ4n) is 3.17. The first kappa shape index (κ1) is 15.5. The highest BCUT2D eigenvalue weighted by molar-refractivity contribution is 5.62. The predicted molar refractivity (Wildman–Crippen MR) is 98.7 cm³/mol. The Morgan fingerprint density at radius 1 is 0.840 bits per heavy atom. The molecule has 1 aliphatic rings. The van der Waals surface area contributed by atoms with E-state index < -0.39 is 0 Å². The number of hydrogen-bond acceptors (Lipinski definition) is 6. The summed E-state index contributed by atoms with van der Waals surface area (Å²) in [5, 5.41) is 8.95. The molecule has 0 N–H and O–H groups in total. The summed E-state index contributed by atoms with van der Waals surface area (Å²) in [7, 11) is 0. The zero-order valence-electron chi connectivity index (χ0n) is 14.2. The van der Waals surface area contributed by atoms with Gasteiger partial charge in [-0.15, -0.1) is 10.2 Å². The van der Waals surface area contributed by atoms with Gasteiger partial charge < -0.3 is 9.80 Å². The molecule has 3 aromatic rings. The zero-order valence-corrected chi connectivity index (χ0v) is 14.2. The maximum absolute atomic E-state index is 4.51. The van der Waals surface area contributed by atoms with Crippen LogP contribution in [0.15, 0.2) is 55.1 Å². The summed E-state index contributed by atoms with van der Waals surface area (Å²) in [5.74, 6) is 0.976. The zero-order chi connectivity index (χ0) is 17.1. The quantitative estimate of drug-likeness (QED) is 0.735. The summed E-state index contributed by atoms with van der Waals surface area (Å²) < 4.78 is 0. The van der Waals surface area contributed by atoms with Crippen molar-refractivity contribution in [1.82, 2.24) is 20.2 Å². The second-order valence-corrected chi connectivity index (χ2v) is 6.17. The lowest BCUT2D eigenvalue weighted by molar-refractivity contribution is 0.640. The molecule has 1 saturated heterocycles. The van der Waals surface area contributed by atoms with Gasteiger partial charge in [0.25, 0.3) is 0 Å². The van der Waals surface area contributed by atoms with Crippen LogP contribution in [0.4, 0.5) is 11.5 Å². The molecule has 6 heteroatoms. The maximum atomic E-state index is 4.51. The van der Waals surface area contributed by atoms with E-state index >= 15 is 0 Å². The normalized spacial score (nSPS) is 14.6. The van der Waals surface area contributed by atoms with E-state index in [-0.39, 0.29) is 0 Å². The van der Waals surface area contributed by atoms with Crippen molar-refractivity contribution in [3.8, 4) is 11.3 Å². The van der Waals surface area contributed by atoms with Crippen molar-refractivity contribution in [2.24, 2.45) is 0 Å². The van der Waals surface area contributed by atoms with E-state index in [0.717, 1.165) is 54.5 Å². The first-order valence-corrected chi connectivity index (χ1v) is 8.46. The molecule has 0 saturated carbocycles. The number of nitrogens with zero attached hydrogens (tertiary/aromatic N) is 6. The molecule has 126 valence electrons. The predicted octanol–water partition coefficient (Wildman–Crippen LogP) is 2.57. The summed E-state index contributed by atoms with van der Waals surface area (Å²) in [5.41, 5.74) is 4.25. The Morgan fingerprint density at radius 3 is 2.20 bits per heavy atom. The van der Waals surface area contributed by atoms with Crippen molar-refractivity contribution in [3.05, 3.63) is 60.7 Å². The third-order valence-electron chi connectivity index (χ3n) is 4.52. The molecule has 1 fully saturated rings. The number of aromatic nitrogens is 4. The fraction of sp³-hybridized carbons (Fsp3) is 0.263. The van der Waals surface area contributed by atoms with Gasteiger partial charge in [-0.2, -0.15) is 0 Å². The van der Waals surface area contributed by atoms with E-state index in [4.69, 9.17) is 0 Å². The van der Waals surface area contributed by atoms with Crippen molar-refractivity contribution >= 4 is 11.5 Å². The molecule has 3 heterocycles. The largest absolute Gasteiger partial charge is 0.365 e. The molecule has 6 nitrogen and oxygen atoms in total. The highest BCUT2D eigenvalue weighted by atomic mass is 15.3. The monoisotopic (exact) mass is 332 g/mol. The molecule has 0 aliphatic carbocycles. The van der Waals surface area contributed by atoms with Crippen molar-refractivity contribution in [3.63, 3.8) is 0 Å². The highest BCUT2D eigenvalue weighted by Gasteiger charge is 2.20. The van der Waals surface area contributed by atoms with Gasteiger partial charge >= 0.3 is 0 Å². The van der Waals surface area contributed by atoms with Gasteiger partial charge in [0, 0.05) is 31.7 Å². The Balaban J connectivity index is 1.48. The number of anilines is 2.